The molecule has 100 valence electrons. The lowest BCUT2D eigenvalue weighted by Gasteiger charge is -2.33. The van der Waals surface area contributed by atoms with Crippen LogP contribution in [0.4, 0.5) is 0 Å². The number of likely N-dealkylation sites (tertiary alicyclic amines) is 1. The van der Waals surface area contributed by atoms with Gasteiger partial charge in [0.15, 0.2) is 0 Å². The molecule has 1 aliphatic heterocycles. The molecular weight excluding hydrogens is 220 g/mol. The summed E-state index contributed by atoms with van der Waals surface area (Å²) in [6, 6.07) is 7.22. The minimum Gasteiger partial charge on any atom is -0.328 e. The van der Waals surface area contributed by atoms with Crippen LogP contribution in [0.1, 0.15) is 36.5 Å². The summed E-state index contributed by atoms with van der Waals surface area (Å²) in [4.78, 5) is 2.56. The topological polar surface area (TPSA) is 29.3 Å². The van der Waals surface area contributed by atoms with Crippen molar-refractivity contribution < 1.29 is 0 Å². The minimum atomic E-state index is 0.355. The number of benzene rings is 1. The van der Waals surface area contributed by atoms with Crippen molar-refractivity contribution in [2.45, 2.75) is 46.2 Å². The molecule has 1 saturated heterocycles. The predicted molar refractivity (Wildman–Crippen MR) is 77.6 cm³/mol. The molecule has 2 nitrogen and oxygen atoms in total. The number of aryl methyl sites for hydroxylation is 2. The van der Waals surface area contributed by atoms with E-state index in [0.717, 1.165) is 12.5 Å². The van der Waals surface area contributed by atoms with E-state index in [4.69, 9.17) is 5.73 Å². The molecular formula is C16H26N2. The maximum absolute atomic E-state index is 5.99. The van der Waals surface area contributed by atoms with Gasteiger partial charge in [-0.2, -0.15) is 0 Å². The number of hydrogen-bond acceptors (Lipinski definition) is 2. The van der Waals surface area contributed by atoms with E-state index in [2.05, 4.69) is 43.9 Å². The lowest BCUT2D eigenvalue weighted by molar-refractivity contribution is 0.165. The zero-order valence-electron chi connectivity index (χ0n) is 11.9. The smallest absolute Gasteiger partial charge is 0.0233 e. The molecule has 2 rings (SSSR count). The van der Waals surface area contributed by atoms with Gasteiger partial charge in [-0.05, 0) is 58.2 Å². The number of nitrogens with zero attached hydrogens (tertiary/aromatic N) is 1. The van der Waals surface area contributed by atoms with Crippen LogP contribution >= 0.6 is 0 Å². The van der Waals surface area contributed by atoms with Crippen molar-refractivity contribution in [1.29, 1.82) is 0 Å². The van der Waals surface area contributed by atoms with E-state index >= 15 is 0 Å². The van der Waals surface area contributed by atoms with Gasteiger partial charge in [-0.25, -0.2) is 0 Å². The molecule has 1 heterocycles. The fourth-order valence-corrected chi connectivity index (χ4v) is 3.06. The van der Waals surface area contributed by atoms with E-state index in [1.807, 2.05) is 0 Å². The highest BCUT2D eigenvalue weighted by atomic mass is 15.1. The number of hydrogen-bond donors (Lipinski definition) is 1. The van der Waals surface area contributed by atoms with Gasteiger partial charge in [-0.1, -0.05) is 29.3 Å². The molecule has 0 bridgehead atoms. The molecule has 2 heteroatoms. The highest BCUT2D eigenvalue weighted by molar-refractivity contribution is 5.28. The highest BCUT2D eigenvalue weighted by Gasteiger charge is 2.21. The Labute approximate surface area is 111 Å². The molecule has 0 saturated carbocycles. The van der Waals surface area contributed by atoms with E-state index in [0.29, 0.717) is 6.04 Å². The summed E-state index contributed by atoms with van der Waals surface area (Å²) in [6.45, 7) is 9.98. The first-order valence-electron chi connectivity index (χ1n) is 7.09. The van der Waals surface area contributed by atoms with Gasteiger partial charge >= 0.3 is 0 Å². The van der Waals surface area contributed by atoms with Crippen LogP contribution in [0.25, 0.3) is 0 Å². The maximum Gasteiger partial charge on any atom is 0.0233 e. The van der Waals surface area contributed by atoms with Crippen LogP contribution in [-0.4, -0.2) is 24.0 Å². The fraction of sp³-hybridized carbons (Fsp3) is 0.625. The summed E-state index contributed by atoms with van der Waals surface area (Å²) >= 11 is 0. The van der Waals surface area contributed by atoms with Gasteiger partial charge < -0.3 is 5.73 Å². The summed E-state index contributed by atoms with van der Waals surface area (Å²) in [7, 11) is 0. The maximum atomic E-state index is 5.99. The van der Waals surface area contributed by atoms with Gasteiger partial charge in [0.05, 0.1) is 0 Å². The van der Waals surface area contributed by atoms with Crippen molar-refractivity contribution in [3.05, 3.63) is 34.9 Å². The molecule has 2 N–H and O–H groups in total. The zero-order chi connectivity index (χ0) is 13.1. The number of nitrogens with two attached hydrogens (primary N) is 1. The van der Waals surface area contributed by atoms with Crippen molar-refractivity contribution in [3.63, 3.8) is 0 Å². The van der Waals surface area contributed by atoms with Crippen molar-refractivity contribution in [1.82, 2.24) is 4.90 Å². The molecule has 1 aliphatic rings. The molecule has 0 aromatic heterocycles. The first kappa shape index (κ1) is 13.6. The van der Waals surface area contributed by atoms with E-state index in [1.165, 1.54) is 42.6 Å². The predicted octanol–water partition coefficient (Wildman–Crippen LogP) is 2.86. The van der Waals surface area contributed by atoms with Gasteiger partial charge in [0, 0.05) is 12.6 Å². The van der Waals surface area contributed by atoms with E-state index in [9.17, 15) is 0 Å². The van der Waals surface area contributed by atoms with Crippen molar-refractivity contribution >= 4 is 0 Å². The van der Waals surface area contributed by atoms with Gasteiger partial charge in [-0.3, -0.25) is 4.90 Å². The van der Waals surface area contributed by atoms with Crippen molar-refractivity contribution in [3.8, 4) is 0 Å². The number of piperidine rings is 1. The zero-order valence-corrected chi connectivity index (χ0v) is 11.9. The van der Waals surface area contributed by atoms with Gasteiger partial charge in [0.1, 0.15) is 0 Å². The van der Waals surface area contributed by atoms with Crippen LogP contribution in [0, 0.1) is 19.8 Å². The Hall–Kier alpha value is -0.860. The molecule has 0 spiro atoms. The third-order valence-corrected chi connectivity index (χ3v) is 4.06. The third-order valence-electron chi connectivity index (χ3n) is 4.06. The summed E-state index contributed by atoms with van der Waals surface area (Å²) < 4.78 is 0. The molecule has 1 aromatic rings. The second-order valence-electron chi connectivity index (χ2n) is 5.97. The van der Waals surface area contributed by atoms with E-state index in [-0.39, 0.29) is 0 Å². The molecule has 0 aliphatic carbocycles. The first-order chi connectivity index (χ1) is 8.54. The molecule has 1 atom stereocenters. The molecule has 1 fully saturated rings. The van der Waals surface area contributed by atoms with Crippen LogP contribution in [0.15, 0.2) is 18.2 Å². The highest BCUT2D eigenvalue weighted by Crippen LogP contribution is 2.21. The van der Waals surface area contributed by atoms with Crippen LogP contribution < -0.4 is 5.73 Å². The van der Waals surface area contributed by atoms with Crippen LogP contribution in [0.2, 0.25) is 0 Å². The van der Waals surface area contributed by atoms with Crippen LogP contribution in [-0.2, 0) is 6.54 Å². The van der Waals surface area contributed by atoms with E-state index in [1.54, 1.807) is 0 Å². The Morgan fingerprint density at radius 2 is 1.72 bits per heavy atom. The van der Waals surface area contributed by atoms with E-state index < -0.39 is 0 Å². The largest absolute Gasteiger partial charge is 0.328 e. The second kappa shape index (κ2) is 5.85. The fourth-order valence-electron chi connectivity index (χ4n) is 3.06. The van der Waals surface area contributed by atoms with Gasteiger partial charge in [0.25, 0.3) is 0 Å². The first-order valence-corrected chi connectivity index (χ1v) is 7.09. The number of rotatable bonds is 3. The Balaban J connectivity index is 1.91. The molecule has 18 heavy (non-hydrogen) atoms. The Morgan fingerprint density at radius 1 is 1.17 bits per heavy atom. The van der Waals surface area contributed by atoms with Crippen LogP contribution in [0.3, 0.4) is 0 Å². The molecule has 1 aromatic carbocycles. The average Bonchev–Trinajstić information content (AvgIpc) is 2.28. The summed E-state index contributed by atoms with van der Waals surface area (Å²) in [6.07, 6.45) is 2.50. The Bertz CT molecular complexity index is 370. The summed E-state index contributed by atoms with van der Waals surface area (Å²) in [5, 5.41) is 0. The molecule has 0 amide bonds. The van der Waals surface area contributed by atoms with Crippen LogP contribution in [0.5, 0.6) is 0 Å². The second-order valence-corrected chi connectivity index (χ2v) is 5.97. The minimum absolute atomic E-state index is 0.355. The Morgan fingerprint density at radius 3 is 2.22 bits per heavy atom. The Kier molecular flexibility index (Phi) is 4.41. The standard InChI is InChI=1S/C16H26N2/c1-12-8-13(2)10-15(9-12)11-18-6-4-16(5-7-18)14(3)17/h8-10,14,16H,4-7,11,17H2,1-3H3. The van der Waals surface area contributed by atoms with Gasteiger partial charge in [-0.15, -0.1) is 0 Å². The van der Waals surface area contributed by atoms with Crippen molar-refractivity contribution in [2.24, 2.45) is 11.7 Å². The SMILES string of the molecule is Cc1cc(C)cc(CN2CCC(C(C)N)CC2)c1. The summed E-state index contributed by atoms with van der Waals surface area (Å²) in [5.74, 6) is 0.723. The summed E-state index contributed by atoms with van der Waals surface area (Å²) in [5.41, 5.74) is 10.2. The third kappa shape index (κ3) is 3.56. The molecule has 1 unspecified atom stereocenters. The molecule has 0 radical (unpaired) electrons. The van der Waals surface area contributed by atoms with Crippen molar-refractivity contribution in [2.75, 3.05) is 13.1 Å². The lowest BCUT2D eigenvalue weighted by Crippen LogP contribution is -2.39. The normalized spacial score (nSPS) is 20.0. The monoisotopic (exact) mass is 246 g/mol. The quantitative estimate of drug-likeness (QED) is 0.888. The lowest BCUT2D eigenvalue weighted by atomic mass is 9.91. The van der Waals surface area contributed by atoms with Gasteiger partial charge in [0.2, 0.25) is 0 Å². The average molecular weight is 246 g/mol.